The van der Waals surface area contributed by atoms with Gasteiger partial charge in [0.1, 0.15) is 5.75 Å². The number of hydrogen-bond donors (Lipinski definition) is 0. The van der Waals surface area contributed by atoms with E-state index >= 15 is 0 Å². The molecular formula is C18H24N4O3. The van der Waals surface area contributed by atoms with Crippen molar-refractivity contribution in [2.24, 2.45) is 0 Å². The Morgan fingerprint density at radius 3 is 2.68 bits per heavy atom. The van der Waals surface area contributed by atoms with Gasteiger partial charge in [-0.05, 0) is 25.5 Å². The van der Waals surface area contributed by atoms with Crippen LogP contribution in [0.4, 0.5) is 5.69 Å². The molecule has 1 aromatic heterocycles. The minimum absolute atomic E-state index is 0.191. The monoisotopic (exact) mass is 344 g/mol. The van der Waals surface area contributed by atoms with Crippen LogP contribution in [0.3, 0.4) is 0 Å². The number of methoxy groups -OCH3 is 1. The molecule has 0 unspecified atom stereocenters. The topological polar surface area (TPSA) is 71.7 Å². The van der Waals surface area contributed by atoms with Crippen molar-refractivity contribution in [3.8, 4) is 5.75 Å². The lowest BCUT2D eigenvalue weighted by molar-refractivity contribution is -0.131. The Kier molecular flexibility index (Phi) is 5.53. The van der Waals surface area contributed by atoms with Crippen molar-refractivity contribution in [1.82, 2.24) is 15.0 Å². The first-order chi connectivity index (χ1) is 12.2. The SMILES string of the molecule is COc1ccccc1N1CCN(C(=O)CCCc2nc(C)no2)CC1. The zero-order valence-electron chi connectivity index (χ0n) is 14.8. The maximum atomic E-state index is 12.4. The molecule has 0 radical (unpaired) electrons. The highest BCUT2D eigenvalue weighted by atomic mass is 16.5. The Morgan fingerprint density at radius 2 is 2.00 bits per heavy atom. The number of para-hydroxylation sites is 2. The fourth-order valence-corrected chi connectivity index (χ4v) is 3.08. The number of rotatable bonds is 6. The first-order valence-electron chi connectivity index (χ1n) is 8.62. The van der Waals surface area contributed by atoms with Crippen LogP contribution in [-0.2, 0) is 11.2 Å². The van der Waals surface area contributed by atoms with Gasteiger partial charge in [-0.3, -0.25) is 4.79 Å². The molecule has 1 amide bonds. The molecule has 0 bridgehead atoms. The fraction of sp³-hybridized carbons (Fsp3) is 0.500. The molecule has 0 saturated carbocycles. The van der Waals surface area contributed by atoms with E-state index in [4.69, 9.17) is 9.26 Å². The number of aromatic nitrogens is 2. The number of carbonyl (C=O) groups is 1. The lowest BCUT2D eigenvalue weighted by Crippen LogP contribution is -2.48. The third-order valence-corrected chi connectivity index (χ3v) is 4.41. The van der Waals surface area contributed by atoms with Gasteiger partial charge in [0.25, 0.3) is 0 Å². The normalized spacial score (nSPS) is 14.6. The number of benzene rings is 1. The molecule has 1 saturated heterocycles. The molecule has 1 aliphatic heterocycles. The van der Waals surface area contributed by atoms with E-state index in [1.807, 2.05) is 23.1 Å². The second kappa shape index (κ2) is 8.00. The second-order valence-electron chi connectivity index (χ2n) is 6.13. The first kappa shape index (κ1) is 17.3. The Bertz CT molecular complexity index is 708. The smallest absolute Gasteiger partial charge is 0.226 e. The van der Waals surface area contributed by atoms with Gasteiger partial charge in [-0.15, -0.1) is 0 Å². The van der Waals surface area contributed by atoms with Crippen LogP contribution in [0.25, 0.3) is 0 Å². The van der Waals surface area contributed by atoms with Gasteiger partial charge in [-0.2, -0.15) is 4.98 Å². The molecule has 1 aromatic carbocycles. The molecule has 25 heavy (non-hydrogen) atoms. The average Bonchev–Trinajstić information content (AvgIpc) is 3.07. The molecule has 7 nitrogen and oxygen atoms in total. The van der Waals surface area contributed by atoms with Crippen LogP contribution in [0.5, 0.6) is 5.75 Å². The maximum absolute atomic E-state index is 12.4. The van der Waals surface area contributed by atoms with Crippen LogP contribution in [-0.4, -0.2) is 54.2 Å². The predicted molar refractivity (Wildman–Crippen MR) is 93.8 cm³/mol. The van der Waals surface area contributed by atoms with Gasteiger partial charge in [0, 0.05) is 39.0 Å². The summed E-state index contributed by atoms with van der Waals surface area (Å²) in [4.78, 5) is 20.7. The summed E-state index contributed by atoms with van der Waals surface area (Å²) in [6.07, 6.45) is 1.89. The Hall–Kier alpha value is -2.57. The molecule has 0 N–H and O–H groups in total. The molecular weight excluding hydrogens is 320 g/mol. The number of ether oxygens (including phenoxy) is 1. The maximum Gasteiger partial charge on any atom is 0.226 e. The fourth-order valence-electron chi connectivity index (χ4n) is 3.08. The standard InChI is InChI=1S/C18H24N4O3/c1-14-19-17(25-20-14)8-5-9-18(23)22-12-10-21(11-13-22)15-6-3-4-7-16(15)24-2/h3-4,6-7H,5,8-13H2,1-2H3. The van der Waals surface area contributed by atoms with Gasteiger partial charge in [0.15, 0.2) is 5.82 Å². The molecule has 0 aliphatic carbocycles. The lowest BCUT2D eigenvalue weighted by Gasteiger charge is -2.36. The van der Waals surface area contributed by atoms with Crippen molar-refractivity contribution < 1.29 is 14.1 Å². The van der Waals surface area contributed by atoms with Crippen LogP contribution in [0, 0.1) is 6.92 Å². The predicted octanol–water partition coefficient (Wildman–Crippen LogP) is 2.06. The van der Waals surface area contributed by atoms with Crippen molar-refractivity contribution in [3.63, 3.8) is 0 Å². The van der Waals surface area contributed by atoms with Gasteiger partial charge in [0.2, 0.25) is 11.8 Å². The van der Waals surface area contributed by atoms with Crippen LogP contribution >= 0.6 is 0 Å². The van der Waals surface area contributed by atoms with Gasteiger partial charge in [0.05, 0.1) is 12.8 Å². The third-order valence-electron chi connectivity index (χ3n) is 4.41. The molecule has 2 heterocycles. The molecule has 7 heteroatoms. The molecule has 0 atom stereocenters. The minimum Gasteiger partial charge on any atom is -0.495 e. The number of carbonyl (C=O) groups excluding carboxylic acids is 1. The van der Waals surface area contributed by atoms with E-state index in [1.54, 1.807) is 14.0 Å². The Balaban J connectivity index is 1.46. The van der Waals surface area contributed by atoms with Crippen LogP contribution in [0.1, 0.15) is 24.6 Å². The summed E-state index contributed by atoms with van der Waals surface area (Å²) < 4.78 is 10.5. The molecule has 3 rings (SSSR count). The zero-order chi connectivity index (χ0) is 17.6. The Labute approximate surface area is 147 Å². The average molecular weight is 344 g/mol. The van der Waals surface area contributed by atoms with Crippen LogP contribution < -0.4 is 9.64 Å². The molecule has 1 fully saturated rings. The van der Waals surface area contributed by atoms with Gasteiger partial charge >= 0.3 is 0 Å². The summed E-state index contributed by atoms with van der Waals surface area (Å²) in [6, 6.07) is 8.00. The van der Waals surface area contributed by atoms with E-state index in [1.165, 1.54) is 0 Å². The summed E-state index contributed by atoms with van der Waals surface area (Å²) in [5, 5.41) is 3.76. The third kappa shape index (κ3) is 4.29. The largest absolute Gasteiger partial charge is 0.495 e. The number of amides is 1. The zero-order valence-corrected chi connectivity index (χ0v) is 14.8. The summed E-state index contributed by atoms with van der Waals surface area (Å²) in [6.45, 7) is 4.89. The van der Waals surface area contributed by atoms with Crippen molar-refractivity contribution in [2.75, 3.05) is 38.2 Å². The summed E-state index contributed by atoms with van der Waals surface area (Å²) in [5.74, 6) is 2.30. The van der Waals surface area contributed by atoms with E-state index in [0.717, 1.165) is 44.0 Å². The summed E-state index contributed by atoms with van der Waals surface area (Å²) >= 11 is 0. The van der Waals surface area contributed by atoms with E-state index in [9.17, 15) is 4.79 Å². The first-order valence-corrected chi connectivity index (χ1v) is 8.62. The van der Waals surface area contributed by atoms with Crippen LogP contribution in [0.2, 0.25) is 0 Å². The quantitative estimate of drug-likeness (QED) is 0.799. The molecule has 0 spiro atoms. The van der Waals surface area contributed by atoms with Crippen molar-refractivity contribution in [3.05, 3.63) is 36.0 Å². The minimum atomic E-state index is 0.191. The van der Waals surface area contributed by atoms with E-state index < -0.39 is 0 Å². The van der Waals surface area contributed by atoms with Crippen molar-refractivity contribution in [2.45, 2.75) is 26.2 Å². The molecule has 1 aliphatic rings. The van der Waals surface area contributed by atoms with E-state index in [2.05, 4.69) is 21.1 Å². The van der Waals surface area contributed by atoms with Gasteiger partial charge < -0.3 is 19.1 Å². The van der Waals surface area contributed by atoms with Crippen molar-refractivity contribution >= 4 is 11.6 Å². The molecule has 134 valence electrons. The number of piperazine rings is 1. The van der Waals surface area contributed by atoms with Crippen LogP contribution in [0.15, 0.2) is 28.8 Å². The van der Waals surface area contributed by atoms with Gasteiger partial charge in [-0.1, -0.05) is 17.3 Å². The van der Waals surface area contributed by atoms with Crippen molar-refractivity contribution in [1.29, 1.82) is 0 Å². The van der Waals surface area contributed by atoms with E-state index in [0.29, 0.717) is 24.6 Å². The Morgan fingerprint density at radius 1 is 1.24 bits per heavy atom. The highest BCUT2D eigenvalue weighted by molar-refractivity contribution is 5.76. The lowest BCUT2D eigenvalue weighted by atomic mass is 10.2. The number of aryl methyl sites for hydroxylation is 2. The van der Waals surface area contributed by atoms with E-state index in [-0.39, 0.29) is 5.91 Å². The number of nitrogens with zero attached hydrogens (tertiary/aromatic N) is 4. The number of anilines is 1. The van der Waals surface area contributed by atoms with Gasteiger partial charge in [-0.25, -0.2) is 0 Å². The number of hydrogen-bond acceptors (Lipinski definition) is 6. The highest BCUT2D eigenvalue weighted by Gasteiger charge is 2.22. The summed E-state index contributed by atoms with van der Waals surface area (Å²) in [7, 11) is 1.68. The highest BCUT2D eigenvalue weighted by Crippen LogP contribution is 2.28. The summed E-state index contributed by atoms with van der Waals surface area (Å²) in [5.41, 5.74) is 1.09. The molecule has 2 aromatic rings. The second-order valence-corrected chi connectivity index (χ2v) is 6.13.